The van der Waals surface area contributed by atoms with E-state index in [9.17, 15) is 13.6 Å². The summed E-state index contributed by atoms with van der Waals surface area (Å²) in [4.78, 5) is 12.0. The molecule has 5 heteroatoms. The number of rotatable bonds is 2. The average molecular weight is 282 g/mol. The number of carbonyl (C=O) groups excluding carboxylic acids is 1. The molecule has 0 aliphatic heterocycles. The van der Waals surface area contributed by atoms with Crippen LogP contribution in [0.3, 0.4) is 0 Å². The van der Waals surface area contributed by atoms with E-state index in [4.69, 9.17) is 5.73 Å². The number of nitrogens with two attached hydrogens (primary N) is 1. The van der Waals surface area contributed by atoms with Crippen LogP contribution >= 0.6 is 0 Å². The zero-order chi connectivity index (χ0) is 14.7. The van der Waals surface area contributed by atoms with Gasteiger partial charge in [-0.25, -0.2) is 8.78 Å². The summed E-state index contributed by atoms with van der Waals surface area (Å²) in [6, 6.07) is 2.04. The lowest BCUT2D eigenvalue weighted by atomic mass is 10.0. The fourth-order valence-corrected chi connectivity index (χ4v) is 2.62. The van der Waals surface area contributed by atoms with Gasteiger partial charge in [0.15, 0.2) is 0 Å². The first-order valence-corrected chi connectivity index (χ1v) is 7.02. The smallest absolute Gasteiger partial charge is 0.251 e. The number of anilines is 1. The molecule has 0 radical (unpaired) electrons. The van der Waals surface area contributed by atoms with Crippen LogP contribution in [-0.2, 0) is 0 Å². The maximum absolute atomic E-state index is 13.4. The van der Waals surface area contributed by atoms with Gasteiger partial charge in [0.1, 0.15) is 17.3 Å². The third kappa shape index (κ3) is 3.46. The van der Waals surface area contributed by atoms with Gasteiger partial charge in [-0.2, -0.15) is 0 Å². The molecular weight excluding hydrogens is 262 g/mol. The van der Waals surface area contributed by atoms with Crippen LogP contribution in [0.4, 0.5) is 14.5 Å². The Morgan fingerprint density at radius 3 is 2.50 bits per heavy atom. The summed E-state index contributed by atoms with van der Waals surface area (Å²) >= 11 is 0. The van der Waals surface area contributed by atoms with Gasteiger partial charge < -0.3 is 11.1 Å². The van der Waals surface area contributed by atoms with Crippen molar-refractivity contribution >= 4 is 11.6 Å². The Morgan fingerprint density at radius 1 is 1.20 bits per heavy atom. The summed E-state index contributed by atoms with van der Waals surface area (Å²) in [5, 5.41) is 2.86. The number of hydrogen-bond donors (Lipinski definition) is 2. The second kappa shape index (κ2) is 6.20. The lowest BCUT2D eigenvalue weighted by molar-refractivity contribution is 0.0932. The van der Waals surface area contributed by atoms with Crippen molar-refractivity contribution in [3.05, 3.63) is 29.3 Å². The molecule has 3 nitrogen and oxygen atoms in total. The van der Waals surface area contributed by atoms with Gasteiger partial charge in [-0.3, -0.25) is 4.79 Å². The van der Waals surface area contributed by atoms with E-state index in [1.807, 2.05) is 0 Å². The number of halogens is 2. The van der Waals surface area contributed by atoms with Gasteiger partial charge in [-0.05, 0) is 37.3 Å². The second-order valence-electron chi connectivity index (χ2n) is 5.64. The van der Waals surface area contributed by atoms with Gasteiger partial charge in [-0.1, -0.05) is 19.8 Å². The summed E-state index contributed by atoms with van der Waals surface area (Å²) in [6.45, 7) is 2.20. The lowest BCUT2D eigenvalue weighted by Gasteiger charge is -2.16. The summed E-state index contributed by atoms with van der Waals surface area (Å²) in [6.07, 6.45) is 5.12. The fraction of sp³-hybridized carbons (Fsp3) is 0.533. The highest BCUT2D eigenvalue weighted by atomic mass is 19.1. The molecule has 0 heterocycles. The molecular formula is C15H20F2N2O. The van der Waals surface area contributed by atoms with Gasteiger partial charge in [0, 0.05) is 11.6 Å². The number of carbonyl (C=O) groups is 1. The molecule has 1 amide bonds. The maximum atomic E-state index is 13.4. The molecule has 1 aliphatic rings. The lowest BCUT2D eigenvalue weighted by Crippen LogP contribution is -2.34. The third-order valence-electron chi connectivity index (χ3n) is 3.93. The first-order chi connectivity index (χ1) is 9.47. The number of nitrogens with one attached hydrogen (secondary N) is 1. The second-order valence-corrected chi connectivity index (χ2v) is 5.64. The maximum Gasteiger partial charge on any atom is 0.251 e. The zero-order valence-electron chi connectivity index (χ0n) is 11.6. The largest absolute Gasteiger partial charge is 0.394 e. The molecule has 2 unspecified atom stereocenters. The molecule has 1 aliphatic carbocycles. The van der Waals surface area contributed by atoms with Crippen LogP contribution in [0.1, 0.15) is 49.4 Å². The summed E-state index contributed by atoms with van der Waals surface area (Å²) in [5.41, 5.74) is 4.62. The van der Waals surface area contributed by atoms with E-state index in [-0.39, 0.29) is 11.6 Å². The van der Waals surface area contributed by atoms with Crippen molar-refractivity contribution in [2.45, 2.75) is 45.1 Å². The number of benzene rings is 1. The van der Waals surface area contributed by atoms with E-state index in [1.165, 1.54) is 0 Å². The van der Waals surface area contributed by atoms with Crippen molar-refractivity contribution in [2.24, 2.45) is 5.92 Å². The first kappa shape index (κ1) is 14.8. The van der Waals surface area contributed by atoms with E-state index in [1.54, 1.807) is 0 Å². The minimum Gasteiger partial charge on any atom is -0.394 e. The van der Waals surface area contributed by atoms with E-state index >= 15 is 0 Å². The first-order valence-electron chi connectivity index (χ1n) is 7.02. The van der Waals surface area contributed by atoms with Gasteiger partial charge in [0.2, 0.25) is 0 Å². The number of hydrogen-bond acceptors (Lipinski definition) is 2. The Labute approximate surface area is 117 Å². The highest BCUT2D eigenvalue weighted by Gasteiger charge is 2.20. The van der Waals surface area contributed by atoms with Crippen molar-refractivity contribution in [1.82, 2.24) is 5.32 Å². The Kier molecular flexibility index (Phi) is 4.57. The van der Waals surface area contributed by atoms with Crippen LogP contribution in [0, 0.1) is 17.6 Å². The topological polar surface area (TPSA) is 55.1 Å². The minimum absolute atomic E-state index is 0.0218. The molecule has 110 valence electrons. The van der Waals surface area contributed by atoms with E-state index in [2.05, 4.69) is 12.2 Å². The molecule has 1 aromatic carbocycles. The fourth-order valence-electron chi connectivity index (χ4n) is 2.62. The van der Waals surface area contributed by atoms with Crippen LogP contribution in [0.2, 0.25) is 0 Å². The number of amides is 1. The predicted octanol–water partition coefficient (Wildman–Crippen LogP) is 3.25. The SMILES string of the molecule is CC1CCCC(NC(=O)c2cc(F)c(N)c(F)c2)CC1. The highest BCUT2D eigenvalue weighted by Crippen LogP contribution is 2.23. The monoisotopic (exact) mass is 282 g/mol. The zero-order valence-corrected chi connectivity index (χ0v) is 11.6. The van der Waals surface area contributed by atoms with Gasteiger partial charge in [0.25, 0.3) is 5.91 Å². The molecule has 20 heavy (non-hydrogen) atoms. The molecule has 0 spiro atoms. The van der Waals surface area contributed by atoms with Crippen LogP contribution < -0.4 is 11.1 Å². The van der Waals surface area contributed by atoms with Crippen molar-refractivity contribution in [3.63, 3.8) is 0 Å². The quantitative estimate of drug-likeness (QED) is 0.646. The van der Waals surface area contributed by atoms with Crippen LogP contribution in [0.25, 0.3) is 0 Å². The standard InChI is InChI=1S/C15H20F2N2O/c1-9-3-2-4-11(6-5-9)19-15(20)10-7-12(16)14(18)13(17)8-10/h7-9,11H,2-6,18H2,1H3,(H,19,20). The van der Waals surface area contributed by atoms with Crippen molar-refractivity contribution in [3.8, 4) is 0 Å². The molecule has 1 fully saturated rings. The normalized spacial score (nSPS) is 23.1. The van der Waals surface area contributed by atoms with E-state index in [0.717, 1.165) is 44.2 Å². The van der Waals surface area contributed by atoms with Crippen molar-refractivity contribution in [2.75, 3.05) is 5.73 Å². The Morgan fingerprint density at radius 2 is 1.85 bits per heavy atom. The van der Waals surface area contributed by atoms with Crippen LogP contribution in [0.5, 0.6) is 0 Å². The molecule has 0 bridgehead atoms. The van der Waals surface area contributed by atoms with Gasteiger partial charge >= 0.3 is 0 Å². The molecule has 0 saturated heterocycles. The molecule has 1 aromatic rings. The minimum atomic E-state index is -0.898. The van der Waals surface area contributed by atoms with Crippen LogP contribution in [-0.4, -0.2) is 11.9 Å². The predicted molar refractivity (Wildman–Crippen MR) is 74.3 cm³/mol. The highest BCUT2D eigenvalue weighted by molar-refractivity contribution is 5.94. The van der Waals surface area contributed by atoms with Crippen molar-refractivity contribution < 1.29 is 13.6 Å². The molecule has 2 rings (SSSR count). The number of nitrogen functional groups attached to an aromatic ring is 1. The Hall–Kier alpha value is -1.65. The Bertz CT molecular complexity index is 482. The van der Waals surface area contributed by atoms with Crippen molar-refractivity contribution in [1.29, 1.82) is 0 Å². The van der Waals surface area contributed by atoms with Gasteiger partial charge in [-0.15, -0.1) is 0 Å². The van der Waals surface area contributed by atoms with Gasteiger partial charge in [0.05, 0.1) is 0 Å². The molecule has 2 atom stereocenters. The third-order valence-corrected chi connectivity index (χ3v) is 3.93. The summed E-state index contributed by atoms with van der Waals surface area (Å²) in [5.74, 6) is -1.57. The molecule has 3 N–H and O–H groups in total. The van der Waals surface area contributed by atoms with E-state index in [0.29, 0.717) is 5.92 Å². The Balaban J connectivity index is 2.04. The molecule has 1 saturated carbocycles. The molecule has 0 aromatic heterocycles. The summed E-state index contributed by atoms with van der Waals surface area (Å²) < 4.78 is 26.7. The average Bonchev–Trinajstić information content (AvgIpc) is 2.60. The van der Waals surface area contributed by atoms with E-state index < -0.39 is 23.2 Å². The van der Waals surface area contributed by atoms with Crippen LogP contribution in [0.15, 0.2) is 12.1 Å². The summed E-state index contributed by atoms with van der Waals surface area (Å²) in [7, 11) is 0.